The molecule has 5 heteroatoms. The van der Waals surface area contributed by atoms with Gasteiger partial charge in [0, 0.05) is 19.2 Å². The Labute approximate surface area is 117 Å². The molecule has 1 aromatic heterocycles. The van der Waals surface area contributed by atoms with Crippen molar-refractivity contribution >= 4 is 0 Å². The fourth-order valence-corrected chi connectivity index (χ4v) is 1.76. The second kappa shape index (κ2) is 6.98. The van der Waals surface area contributed by atoms with Crippen LogP contribution in [-0.4, -0.2) is 18.7 Å². The van der Waals surface area contributed by atoms with Gasteiger partial charge in [0.05, 0.1) is 12.8 Å². The number of halogens is 1. The van der Waals surface area contributed by atoms with Crippen LogP contribution in [0.1, 0.15) is 11.1 Å². The van der Waals surface area contributed by atoms with Crippen molar-refractivity contribution in [3.8, 4) is 11.6 Å². The lowest BCUT2D eigenvalue weighted by atomic mass is 10.1. The maximum absolute atomic E-state index is 13.1. The Balaban J connectivity index is 2.10. The van der Waals surface area contributed by atoms with Crippen molar-refractivity contribution in [2.45, 2.75) is 13.0 Å². The standard InChI is InChI=1S/C15H17FN2O2/c1-19-7-6-11-2-4-14(5-3-11)20-15-12(9-17)8-13(16)10-18-15/h2-5,8,10H,6-7,9,17H2,1H3. The highest BCUT2D eigenvalue weighted by atomic mass is 19.1. The highest BCUT2D eigenvalue weighted by molar-refractivity contribution is 5.34. The first kappa shape index (κ1) is 14.4. The molecule has 2 rings (SSSR count). The third-order valence-corrected chi connectivity index (χ3v) is 2.84. The van der Waals surface area contributed by atoms with E-state index in [1.807, 2.05) is 24.3 Å². The third kappa shape index (κ3) is 3.76. The molecule has 0 saturated carbocycles. The van der Waals surface area contributed by atoms with Crippen molar-refractivity contribution in [2.75, 3.05) is 13.7 Å². The minimum absolute atomic E-state index is 0.173. The normalized spacial score (nSPS) is 10.6. The molecular weight excluding hydrogens is 259 g/mol. The largest absolute Gasteiger partial charge is 0.439 e. The van der Waals surface area contributed by atoms with Crippen LogP contribution in [0.4, 0.5) is 4.39 Å². The zero-order chi connectivity index (χ0) is 14.4. The summed E-state index contributed by atoms with van der Waals surface area (Å²) < 4.78 is 23.7. The van der Waals surface area contributed by atoms with Gasteiger partial charge in [-0.3, -0.25) is 0 Å². The highest BCUT2D eigenvalue weighted by Crippen LogP contribution is 2.23. The van der Waals surface area contributed by atoms with Crippen LogP contribution in [-0.2, 0) is 17.7 Å². The van der Waals surface area contributed by atoms with Gasteiger partial charge < -0.3 is 15.2 Å². The lowest BCUT2D eigenvalue weighted by Crippen LogP contribution is -2.02. The average Bonchev–Trinajstić information content (AvgIpc) is 2.48. The fourth-order valence-electron chi connectivity index (χ4n) is 1.76. The van der Waals surface area contributed by atoms with Crippen LogP contribution in [0.15, 0.2) is 36.5 Å². The van der Waals surface area contributed by atoms with E-state index in [1.54, 1.807) is 7.11 Å². The first-order chi connectivity index (χ1) is 9.72. The predicted molar refractivity (Wildman–Crippen MR) is 74.2 cm³/mol. The lowest BCUT2D eigenvalue weighted by molar-refractivity contribution is 0.202. The molecular formula is C15H17FN2O2. The SMILES string of the molecule is COCCc1ccc(Oc2ncc(F)cc2CN)cc1. The van der Waals surface area contributed by atoms with E-state index in [-0.39, 0.29) is 6.54 Å². The van der Waals surface area contributed by atoms with Crippen LogP contribution >= 0.6 is 0 Å². The molecule has 0 aliphatic carbocycles. The van der Waals surface area contributed by atoms with Crippen molar-refractivity contribution in [1.29, 1.82) is 0 Å². The number of rotatable bonds is 6. The van der Waals surface area contributed by atoms with E-state index >= 15 is 0 Å². The lowest BCUT2D eigenvalue weighted by Gasteiger charge is -2.09. The van der Waals surface area contributed by atoms with E-state index in [0.717, 1.165) is 18.2 Å². The second-order valence-electron chi connectivity index (χ2n) is 4.31. The van der Waals surface area contributed by atoms with Gasteiger partial charge in [-0.15, -0.1) is 0 Å². The van der Waals surface area contributed by atoms with Crippen LogP contribution in [0.2, 0.25) is 0 Å². The van der Waals surface area contributed by atoms with Gasteiger partial charge in [0.1, 0.15) is 11.6 Å². The number of methoxy groups -OCH3 is 1. The summed E-state index contributed by atoms with van der Waals surface area (Å²) >= 11 is 0. The minimum Gasteiger partial charge on any atom is -0.439 e. The third-order valence-electron chi connectivity index (χ3n) is 2.84. The molecule has 4 nitrogen and oxygen atoms in total. The molecule has 0 radical (unpaired) electrons. The van der Waals surface area contributed by atoms with E-state index in [9.17, 15) is 4.39 Å². The molecule has 1 heterocycles. The van der Waals surface area contributed by atoms with Gasteiger partial charge in [-0.05, 0) is 30.2 Å². The second-order valence-corrected chi connectivity index (χ2v) is 4.31. The number of hydrogen-bond donors (Lipinski definition) is 1. The number of pyridine rings is 1. The number of hydrogen-bond acceptors (Lipinski definition) is 4. The summed E-state index contributed by atoms with van der Waals surface area (Å²) in [6.45, 7) is 0.850. The van der Waals surface area contributed by atoms with E-state index in [2.05, 4.69) is 4.98 Å². The Morgan fingerprint density at radius 3 is 2.65 bits per heavy atom. The number of nitrogens with zero attached hydrogens (tertiary/aromatic N) is 1. The molecule has 0 atom stereocenters. The van der Waals surface area contributed by atoms with Crippen molar-refractivity contribution in [2.24, 2.45) is 5.73 Å². The van der Waals surface area contributed by atoms with Crippen molar-refractivity contribution in [1.82, 2.24) is 4.98 Å². The molecule has 1 aromatic carbocycles. The van der Waals surface area contributed by atoms with E-state index in [1.165, 1.54) is 6.07 Å². The Kier molecular flexibility index (Phi) is 5.03. The summed E-state index contributed by atoms with van der Waals surface area (Å²) in [6, 6.07) is 8.93. The summed E-state index contributed by atoms with van der Waals surface area (Å²) in [7, 11) is 1.67. The molecule has 0 spiro atoms. The Hall–Kier alpha value is -1.98. The molecule has 0 fully saturated rings. The molecule has 0 aliphatic rings. The molecule has 0 bridgehead atoms. The number of nitrogens with two attached hydrogens (primary N) is 1. The average molecular weight is 276 g/mol. The van der Waals surface area contributed by atoms with Crippen LogP contribution in [0.25, 0.3) is 0 Å². The van der Waals surface area contributed by atoms with Crippen LogP contribution in [0.3, 0.4) is 0 Å². The Morgan fingerprint density at radius 1 is 1.25 bits per heavy atom. The molecule has 106 valence electrons. The van der Waals surface area contributed by atoms with Gasteiger partial charge in [-0.2, -0.15) is 0 Å². The smallest absolute Gasteiger partial charge is 0.223 e. The zero-order valence-corrected chi connectivity index (χ0v) is 11.3. The molecule has 0 amide bonds. The first-order valence-corrected chi connectivity index (χ1v) is 6.33. The minimum atomic E-state index is -0.423. The van der Waals surface area contributed by atoms with Crippen LogP contribution < -0.4 is 10.5 Å². The molecule has 0 unspecified atom stereocenters. The summed E-state index contributed by atoms with van der Waals surface area (Å²) in [5, 5.41) is 0. The summed E-state index contributed by atoms with van der Waals surface area (Å²) in [4.78, 5) is 3.92. The molecule has 0 saturated heterocycles. The number of benzene rings is 1. The first-order valence-electron chi connectivity index (χ1n) is 6.33. The molecule has 2 N–H and O–H groups in total. The van der Waals surface area contributed by atoms with E-state index < -0.39 is 5.82 Å². The monoisotopic (exact) mass is 276 g/mol. The molecule has 2 aromatic rings. The van der Waals surface area contributed by atoms with Gasteiger partial charge in [0.2, 0.25) is 5.88 Å². The highest BCUT2D eigenvalue weighted by Gasteiger charge is 2.07. The van der Waals surface area contributed by atoms with E-state index in [4.69, 9.17) is 15.2 Å². The van der Waals surface area contributed by atoms with Crippen molar-refractivity contribution in [3.05, 3.63) is 53.5 Å². The van der Waals surface area contributed by atoms with Crippen molar-refractivity contribution in [3.63, 3.8) is 0 Å². The van der Waals surface area contributed by atoms with Crippen molar-refractivity contribution < 1.29 is 13.9 Å². The van der Waals surface area contributed by atoms with Gasteiger partial charge in [-0.1, -0.05) is 12.1 Å². The number of aromatic nitrogens is 1. The maximum atomic E-state index is 13.1. The predicted octanol–water partition coefficient (Wildman–Crippen LogP) is 2.66. The van der Waals surface area contributed by atoms with E-state index in [0.29, 0.717) is 23.8 Å². The fraction of sp³-hybridized carbons (Fsp3) is 0.267. The molecule has 20 heavy (non-hydrogen) atoms. The quantitative estimate of drug-likeness (QED) is 0.881. The van der Waals surface area contributed by atoms with Gasteiger partial charge in [0.15, 0.2) is 0 Å². The Morgan fingerprint density at radius 2 is 2.00 bits per heavy atom. The van der Waals surface area contributed by atoms with Gasteiger partial charge >= 0.3 is 0 Å². The Bertz CT molecular complexity index is 558. The summed E-state index contributed by atoms with van der Waals surface area (Å²) in [5.74, 6) is 0.547. The molecule has 0 aliphatic heterocycles. The van der Waals surface area contributed by atoms with Crippen LogP contribution in [0.5, 0.6) is 11.6 Å². The zero-order valence-electron chi connectivity index (χ0n) is 11.3. The topological polar surface area (TPSA) is 57.4 Å². The summed E-state index contributed by atoms with van der Waals surface area (Å²) in [5.41, 5.74) is 7.24. The number of ether oxygens (including phenoxy) is 2. The van der Waals surface area contributed by atoms with Crippen LogP contribution in [0, 0.1) is 5.82 Å². The summed E-state index contributed by atoms with van der Waals surface area (Å²) in [6.07, 6.45) is 1.96. The van der Waals surface area contributed by atoms with Gasteiger partial charge in [-0.25, -0.2) is 9.37 Å². The maximum Gasteiger partial charge on any atom is 0.223 e. The van der Waals surface area contributed by atoms with Gasteiger partial charge in [0.25, 0.3) is 0 Å².